The fourth-order valence-corrected chi connectivity index (χ4v) is 7.69. The number of fused-ring (bicyclic) bond motifs is 3. The molecular weight excluding hydrogens is 556 g/mol. The average molecular weight is 605 g/mol. The number of alkyl carbamates (subject to hydrolysis) is 1. The average Bonchev–Trinajstić information content (AvgIpc) is 3.48. The van der Waals surface area contributed by atoms with Gasteiger partial charge in [-0.15, -0.1) is 0 Å². The summed E-state index contributed by atoms with van der Waals surface area (Å²) in [6.07, 6.45) is 10.7. The SMILES string of the molecule is CCC1CC1(C)NC(=O)[C@@H]1C[C@@H]2CN1C(=O)[C@H](C1CCCCC1)NC(=O)OC[C@@H](C)CCCc1ccc3ccnc(c3c1)O2. The standard InChI is InChI=1S/C35H48N4O5/c1-4-26-19-35(26,3)38-31(40)29-18-27-20-39(29)33(41)30(25-11-6-5-7-12-25)37-34(42)43-21-22(2)9-8-10-23-13-14-24-15-16-36-32(44-27)28(24)17-23/h13-17,22,25-27,29-30H,4-12,18-21H2,1-3H3,(H,37,42)(H,38,40)/t22-,26?,27+,29-,30-,35?/m0/s1. The molecule has 2 N–H and O–H groups in total. The largest absolute Gasteiger partial charge is 0.472 e. The molecule has 0 radical (unpaired) electrons. The van der Waals surface area contributed by atoms with Crippen molar-refractivity contribution in [3.63, 3.8) is 0 Å². The van der Waals surface area contributed by atoms with E-state index in [0.717, 1.165) is 75.0 Å². The van der Waals surface area contributed by atoms with Crippen molar-refractivity contribution in [3.8, 4) is 5.88 Å². The molecule has 6 rings (SSSR count). The lowest BCUT2D eigenvalue weighted by molar-refractivity contribution is -0.141. The number of carbonyl (C=O) groups excluding carboxylic acids is 3. The molecule has 9 heteroatoms. The first-order valence-corrected chi connectivity index (χ1v) is 16.8. The number of pyridine rings is 1. The summed E-state index contributed by atoms with van der Waals surface area (Å²) in [4.78, 5) is 47.7. The van der Waals surface area contributed by atoms with E-state index in [0.29, 0.717) is 24.8 Å². The Morgan fingerprint density at radius 2 is 1.95 bits per heavy atom. The number of ether oxygens (including phenoxy) is 2. The smallest absolute Gasteiger partial charge is 0.407 e. The maximum atomic E-state index is 14.5. The number of cyclic esters (lactones) is 1. The number of hydrogen-bond donors (Lipinski definition) is 2. The molecule has 1 aromatic carbocycles. The van der Waals surface area contributed by atoms with E-state index >= 15 is 0 Å². The Balaban J connectivity index is 1.33. The van der Waals surface area contributed by atoms with E-state index in [9.17, 15) is 14.4 Å². The van der Waals surface area contributed by atoms with Crippen molar-refractivity contribution in [2.75, 3.05) is 13.2 Å². The number of nitrogens with zero attached hydrogens (tertiary/aromatic N) is 2. The molecule has 2 aromatic rings. The van der Waals surface area contributed by atoms with Crippen molar-refractivity contribution in [3.05, 3.63) is 36.0 Å². The van der Waals surface area contributed by atoms with Crippen molar-refractivity contribution >= 4 is 28.7 Å². The molecule has 2 saturated carbocycles. The van der Waals surface area contributed by atoms with E-state index in [2.05, 4.69) is 54.6 Å². The Morgan fingerprint density at radius 1 is 1.14 bits per heavy atom. The van der Waals surface area contributed by atoms with Crippen LogP contribution < -0.4 is 15.4 Å². The molecule has 3 amide bonds. The van der Waals surface area contributed by atoms with Gasteiger partial charge in [0.05, 0.1) is 13.2 Å². The van der Waals surface area contributed by atoms with Crippen LogP contribution in [0.2, 0.25) is 0 Å². The van der Waals surface area contributed by atoms with E-state index in [1.165, 1.54) is 5.56 Å². The molecule has 3 heterocycles. The molecular formula is C35H48N4O5. The van der Waals surface area contributed by atoms with Crippen molar-refractivity contribution in [2.45, 2.75) is 115 Å². The summed E-state index contributed by atoms with van der Waals surface area (Å²) in [5.74, 6) is 0.778. The number of nitrogens with one attached hydrogen (secondary N) is 2. The molecule has 2 unspecified atom stereocenters. The number of aryl methyl sites for hydroxylation is 1. The summed E-state index contributed by atoms with van der Waals surface area (Å²) in [6.45, 7) is 6.86. The van der Waals surface area contributed by atoms with Crippen LogP contribution in [0, 0.1) is 17.8 Å². The first-order valence-electron chi connectivity index (χ1n) is 16.8. The Morgan fingerprint density at radius 3 is 2.73 bits per heavy atom. The summed E-state index contributed by atoms with van der Waals surface area (Å²) in [7, 11) is 0. The van der Waals surface area contributed by atoms with Crippen LogP contribution in [0.1, 0.15) is 90.5 Å². The molecule has 0 spiro atoms. The second-order valence-corrected chi connectivity index (χ2v) is 14.0. The molecule has 4 bridgehead atoms. The molecule has 2 aliphatic heterocycles. The van der Waals surface area contributed by atoms with E-state index in [1.807, 2.05) is 6.07 Å². The van der Waals surface area contributed by atoms with E-state index in [1.54, 1.807) is 11.1 Å². The van der Waals surface area contributed by atoms with Gasteiger partial charge in [0.15, 0.2) is 0 Å². The van der Waals surface area contributed by atoms with Crippen LogP contribution in [0.5, 0.6) is 5.88 Å². The predicted molar refractivity (Wildman–Crippen MR) is 168 cm³/mol. The van der Waals surface area contributed by atoms with Gasteiger partial charge in [0.25, 0.3) is 0 Å². The molecule has 3 fully saturated rings. The highest BCUT2D eigenvalue weighted by Gasteiger charge is 2.52. The second kappa shape index (κ2) is 12.9. The van der Waals surface area contributed by atoms with E-state index < -0.39 is 24.3 Å². The summed E-state index contributed by atoms with van der Waals surface area (Å²) in [6, 6.07) is 6.93. The number of amides is 3. The maximum absolute atomic E-state index is 14.5. The van der Waals surface area contributed by atoms with Crippen molar-refractivity contribution in [1.29, 1.82) is 0 Å². The molecule has 4 aliphatic rings. The lowest BCUT2D eigenvalue weighted by Crippen LogP contribution is -2.57. The number of rotatable bonds is 4. The Labute approximate surface area is 260 Å². The van der Waals surface area contributed by atoms with Crippen molar-refractivity contribution < 1.29 is 23.9 Å². The summed E-state index contributed by atoms with van der Waals surface area (Å²) in [5.41, 5.74) is 0.947. The highest BCUT2D eigenvalue weighted by Crippen LogP contribution is 2.45. The zero-order valence-electron chi connectivity index (χ0n) is 26.5. The fraction of sp³-hybridized carbons (Fsp3) is 0.657. The van der Waals surface area contributed by atoms with Crippen LogP contribution in [0.4, 0.5) is 4.79 Å². The number of hydrogen-bond acceptors (Lipinski definition) is 6. The second-order valence-electron chi connectivity index (χ2n) is 14.0. The van der Waals surface area contributed by atoms with Crippen LogP contribution in [0.25, 0.3) is 10.8 Å². The van der Waals surface area contributed by atoms with Gasteiger partial charge >= 0.3 is 6.09 Å². The summed E-state index contributed by atoms with van der Waals surface area (Å²) < 4.78 is 12.2. The minimum atomic E-state index is -0.746. The number of aromatic nitrogens is 1. The molecule has 9 nitrogen and oxygen atoms in total. The molecule has 1 aromatic heterocycles. The number of carbonyl (C=O) groups is 3. The van der Waals surface area contributed by atoms with Crippen LogP contribution >= 0.6 is 0 Å². The predicted octanol–water partition coefficient (Wildman–Crippen LogP) is 5.54. The monoisotopic (exact) mass is 604 g/mol. The third-order valence-corrected chi connectivity index (χ3v) is 10.6. The third kappa shape index (κ3) is 6.66. The van der Waals surface area contributed by atoms with Gasteiger partial charge in [-0.2, -0.15) is 0 Å². The lowest BCUT2D eigenvalue weighted by Gasteiger charge is -2.34. The zero-order chi connectivity index (χ0) is 30.8. The van der Waals surface area contributed by atoms with Gasteiger partial charge in [-0.1, -0.05) is 51.7 Å². The van der Waals surface area contributed by atoms with Gasteiger partial charge in [-0.05, 0) is 86.3 Å². The molecule has 6 atom stereocenters. The molecule has 44 heavy (non-hydrogen) atoms. The van der Waals surface area contributed by atoms with E-state index in [4.69, 9.17) is 9.47 Å². The lowest BCUT2D eigenvalue weighted by atomic mass is 9.83. The zero-order valence-corrected chi connectivity index (χ0v) is 26.5. The Bertz CT molecular complexity index is 1380. The van der Waals surface area contributed by atoms with Crippen molar-refractivity contribution in [1.82, 2.24) is 20.5 Å². The Kier molecular flexibility index (Phi) is 9.01. The minimum absolute atomic E-state index is 0.000857. The summed E-state index contributed by atoms with van der Waals surface area (Å²) >= 11 is 0. The van der Waals surface area contributed by atoms with Crippen LogP contribution in [0.15, 0.2) is 30.5 Å². The van der Waals surface area contributed by atoms with Crippen LogP contribution in [0.3, 0.4) is 0 Å². The first kappa shape index (κ1) is 30.7. The highest BCUT2D eigenvalue weighted by atomic mass is 16.5. The van der Waals surface area contributed by atoms with Gasteiger partial charge in [0.2, 0.25) is 17.7 Å². The van der Waals surface area contributed by atoms with Gasteiger partial charge in [-0.3, -0.25) is 9.59 Å². The van der Waals surface area contributed by atoms with Gasteiger partial charge in [0, 0.05) is 23.5 Å². The third-order valence-electron chi connectivity index (χ3n) is 10.6. The minimum Gasteiger partial charge on any atom is -0.472 e. The van der Waals surface area contributed by atoms with Crippen molar-refractivity contribution in [2.24, 2.45) is 17.8 Å². The quantitative estimate of drug-likeness (QED) is 0.475. The number of benzene rings is 1. The fourth-order valence-electron chi connectivity index (χ4n) is 7.69. The molecule has 238 valence electrons. The van der Waals surface area contributed by atoms with Gasteiger partial charge in [-0.25, -0.2) is 9.78 Å². The molecule has 1 saturated heterocycles. The normalized spacial score (nSPS) is 31.9. The first-order chi connectivity index (χ1) is 21.2. The van der Waals surface area contributed by atoms with E-state index in [-0.39, 0.29) is 35.7 Å². The highest BCUT2D eigenvalue weighted by molar-refractivity contribution is 5.93. The van der Waals surface area contributed by atoms with Crippen LogP contribution in [-0.4, -0.2) is 64.7 Å². The topological polar surface area (TPSA) is 110 Å². The van der Waals surface area contributed by atoms with Gasteiger partial charge in [0.1, 0.15) is 18.2 Å². The maximum Gasteiger partial charge on any atom is 0.407 e. The van der Waals surface area contributed by atoms with Crippen LogP contribution in [-0.2, 0) is 20.7 Å². The summed E-state index contributed by atoms with van der Waals surface area (Å²) in [5, 5.41) is 8.22. The van der Waals surface area contributed by atoms with Gasteiger partial charge < -0.3 is 25.0 Å². The molecule has 2 aliphatic carbocycles. The Hall–Kier alpha value is -3.36.